The number of carbonyl (C=O) groups is 3. The van der Waals surface area contributed by atoms with Crippen molar-refractivity contribution < 1.29 is 18.8 Å². The van der Waals surface area contributed by atoms with Crippen molar-refractivity contribution in [2.24, 2.45) is 5.41 Å². The van der Waals surface area contributed by atoms with E-state index in [1.54, 1.807) is 11.0 Å². The van der Waals surface area contributed by atoms with Gasteiger partial charge in [0.25, 0.3) is 5.91 Å². The molecule has 0 radical (unpaired) electrons. The van der Waals surface area contributed by atoms with Gasteiger partial charge in [0, 0.05) is 50.1 Å². The molecule has 1 aromatic rings. The molecule has 7 nitrogen and oxygen atoms in total. The first-order valence-electron chi connectivity index (χ1n) is 9.26. The summed E-state index contributed by atoms with van der Waals surface area (Å²) < 4.78 is 13.2. The monoisotopic (exact) mass is 374 g/mol. The predicted molar refractivity (Wildman–Crippen MR) is 95.5 cm³/mol. The molecular formula is C19H23FN4O3. The van der Waals surface area contributed by atoms with Crippen LogP contribution in [0.3, 0.4) is 0 Å². The number of imide groups is 1. The summed E-state index contributed by atoms with van der Waals surface area (Å²) in [6, 6.07) is 4.94. The second-order valence-electron chi connectivity index (χ2n) is 7.68. The average molecular weight is 374 g/mol. The first-order chi connectivity index (χ1) is 13.0. The van der Waals surface area contributed by atoms with E-state index in [-0.39, 0.29) is 30.3 Å². The summed E-state index contributed by atoms with van der Waals surface area (Å²) in [5.74, 6) is -0.878. The third-order valence-corrected chi connectivity index (χ3v) is 5.78. The maximum Gasteiger partial charge on any atom is 0.255 e. The highest BCUT2D eigenvalue weighted by molar-refractivity contribution is 6.05. The van der Waals surface area contributed by atoms with Crippen LogP contribution >= 0.6 is 0 Å². The van der Waals surface area contributed by atoms with E-state index in [1.165, 1.54) is 0 Å². The van der Waals surface area contributed by atoms with Crippen LogP contribution in [-0.4, -0.2) is 55.0 Å². The second-order valence-corrected chi connectivity index (χ2v) is 7.68. The molecular weight excluding hydrogens is 351 g/mol. The Balaban J connectivity index is 1.46. The Labute approximate surface area is 156 Å². The Bertz CT molecular complexity index is 788. The number of carbonyl (C=O) groups excluding carboxylic acids is 3. The summed E-state index contributed by atoms with van der Waals surface area (Å²) in [5, 5.41) is 8.73. The predicted octanol–water partition coefficient (Wildman–Crippen LogP) is 0.0963. The summed E-state index contributed by atoms with van der Waals surface area (Å²) in [5.41, 5.74) is 2.16. The number of rotatable bonds is 6. The molecule has 2 saturated heterocycles. The fourth-order valence-electron chi connectivity index (χ4n) is 4.02. The molecule has 0 aromatic heterocycles. The molecule has 1 unspecified atom stereocenters. The van der Waals surface area contributed by atoms with Crippen molar-refractivity contribution in [3.8, 4) is 0 Å². The fourth-order valence-corrected chi connectivity index (χ4v) is 4.02. The summed E-state index contributed by atoms with van der Waals surface area (Å²) in [6.45, 7) is 2.46. The number of nitrogens with one attached hydrogen (secondary N) is 3. The van der Waals surface area contributed by atoms with E-state index in [9.17, 15) is 18.8 Å². The van der Waals surface area contributed by atoms with E-state index in [0.29, 0.717) is 44.7 Å². The molecule has 8 heteroatoms. The lowest BCUT2D eigenvalue weighted by Gasteiger charge is -2.40. The van der Waals surface area contributed by atoms with Crippen LogP contribution in [0.4, 0.5) is 4.39 Å². The SMILES string of the molecule is O=C1CCC(N2Cc3c(CNCC4(CF)CNC4)cccc3C2=O)C(=O)N1. The van der Waals surface area contributed by atoms with Gasteiger partial charge in [0.15, 0.2) is 0 Å². The first kappa shape index (κ1) is 18.1. The molecule has 3 heterocycles. The molecule has 0 saturated carbocycles. The van der Waals surface area contributed by atoms with Gasteiger partial charge in [0.2, 0.25) is 11.8 Å². The van der Waals surface area contributed by atoms with Gasteiger partial charge in [-0.05, 0) is 23.6 Å². The number of piperidine rings is 1. The van der Waals surface area contributed by atoms with Crippen molar-refractivity contribution in [2.45, 2.75) is 32.0 Å². The standard InChI is InChI=1S/C19H23FN4O3/c20-8-19(10-22-11-19)9-21-6-12-2-1-3-13-14(12)7-24(18(13)27)15-4-5-16(25)23-17(15)26/h1-3,15,21-22H,4-11H2,(H,23,25,26). The number of halogens is 1. The number of hydrogen-bond acceptors (Lipinski definition) is 5. The number of amides is 3. The van der Waals surface area contributed by atoms with Crippen molar-refractivity contribution in [1.29, 1.82) is 0 Å². The van der Waals surface area contributed by atoms with E-state index < -0.39 is 11.9 Å². The number of benzene rings is 1. The summed E-state index contributed by atoms with van der Waals surface area (Å²) >= 11 is 0. The van der Waals surface area contributed by atoms with E-state index >= 15 is 0 Å². The minimum absolute atomic E-state index is 0.176. The second kappa shape index (κ2) is 7.01. The Morgan fingerprint density at radius 1 is 1.26 bits per heavy atom. The topological polar surface area (TPSA) is 90.5 Å². The molecule has 0 spiro atoms. The van der Waals surface area contributed by atoms with E-state index in [4.69, 9.17) is 0 Å². The molecule has 27 heavy (non-hydrogen) atoms. The zero-order chi connectivity index (χ0) is 19.0. The molecule has 3 N–H and O–H groups in total. The molecule has 0 bridgehead atoms. The summed E-state index contributed by atoms with van der Waals surface area (Å²) in [6.07, 6.45) is 0.592. The van der Waals surface area contributed by atoms with Gasteiger partial charge in [-0.25, -0.2) is 0 Å². The molecule has 3 aliphatic heterocycles. The van der Waals surface area contributed by atoms with Gasteiger partial charge < -0.3 is 15.5 Å². The van der Waals surface area contributed by atoms with E-state index in [2.05, 4.69) is 16.0 Å². The molecule has 2 fully saturated rings. The normalized spacial score (nSPS) is 23.8. The maximum atomic E-state index is 13.2. The zero-order valence-corrected chi connectivity index (χ0v) is 15.0. The molecule has 0 aliphatic carbocycles. The van der Waals surface area contributed by atoms with Crippen molar-refractivity contribution in [3.05, 3.63) is 34.9 Å². The van der Waals surface area contributed by atoms with Crippen molar-refractivity contribution in [2.75, 3.05) is 26.3 Å². The quantitative estimate of drug-likeness (QED) is 0.615. The number of nitrogens with zero attached hydrogens (tertiary/aromatic N) is 1. The number of fused-ring (bicyclic) bond motifs is 1. The highest BCUT2D eigenvalue weighted by atomic mass is 19.1. The van der Waals surface area contributed by atoms with Gasteiger partial charge in [0.05, 0.1) is 6.67 Å². The lowest BCUT2D eigenvalue weighted by Crippen LogP contribution is -2.59. The molecule has 1 atom stereocenters. The molecule has 4 rings (SSSR count). The Morgan fingerprint density at radius 3 is 2.74 bits per heavy atom. The van der Waals surface area contributed by atoms with Crippen molar-refractivity contribution in [1.82, 2.24) is 20.9 Å². The van der Waals surface area contributed by atoms with Crippen molar-refractivity contribution in [3.63, 3.8) is 0 Å². The molecule has 1 aromatic carbocycles. The van der Waals surface area contributed by atoms with E-state index in [0.717, 1.165) is 11.1 Å². The minimum atomic E-state index is -0.612. The molecule has 3 amide bonds. The van der Waals surface area contributed by atoms with Crippen LogP contribution in [0.15, 0.2) is 18.2 Å². The lowest BCUT2D eigenvalue weighted by molar-refractivity contribution is -0.136. The van der Waals surface area contributed by atoms with Crippen LogP contribution in [0.2, 0.25) is 0 Å². The Morgan fingerprint density at radius 2 is 2.07 bits per heavy atom. The van der Waals surface area contributed by atoms with Crippen LogP contribution in [0.1, 0.15) is 34.3 Å². The number of hydrogen-bond donors (Lipinski definition) is 3. The minimum Gasteiger partial charge on any atom is -0.322 e. The average Bonchev–Trinajstić information content (AvgIpc) is 2.95. The van der Waals surface area contributed by atoms with Crippen LogP contribution < -0.4 is 16.0 Å². The van der Waals surface area contributed by atoms with Gasteiger partial charge in [-0.2, -0.15) is 0 Å². The Kier molecular flexibility index (Phi) is 4.69. The largest absolute Gasteiger partial charge is 0.322 e. The van der Waals surface area contributed by atoms with Crippen LogP contribution in [0.5, 0.6) is 0 Å². The fraction of sp³-hybridized carbons (Fsp3) is 0.526. The molecule has 144 valence electrons. The van der Waals surface area contributed by atoms with Gasteiger partial charge in [0.1, 0.15) is 6.04 Å². The lowest BCUT2D eigenvalue weighted by atomic mass is 9.83. The summed E-state index contributed by atoms with van der Waals surface area (Å²) in [7, 11) is 0. The van der Waals surface area contributed by atoms with Crippen LogP contribution in [0, 0.1) is 5.41 Å². The number of alkyl halides is 1. The van der Waals surface area contributed by atoms with Gasteiger partial charge >= 0.3 is 0 Å². The highest BCUT2D eigenvalue weighted by Gasteiger charge is 2.40. The Hall–Kier alpha value is -2.32. The smallest absolute Gasteiger partial charge is 0.255 e. The van der Waals surface area contributed by atoms with Gasteiger partial charge in [-0.3, -0.25) is 24.1 Å². The summed E-state index contributed by atoms with van der Waals surface area (Å²) in [4.78, 5) is 37.9. The highest BCUT2D eigenvalue weighted by Crippen LogP contribution is 2.30. The first-order valence-corrected chi connectivity index (χ1v) is 9.26. The molecule has 3 aliphatic rings. The van der Waals surface area contributed by atoms with Crippen molar-refractivity contribution >= 4 is 17.7 Å². The van der Waals surface area contributed by atoms with E-state index in [1.807, 2.05) is 12.1 Å². The van der Waals surface area contributed by atoms with Crippen LogP contribution in [-0.2, 0) is 22.7 Å². The van der Waals surface area contributed by atoms with Crippen LogP contribution in [0.25, 0.3) is 0 Å². The maximum absolute atomic E-state index is 13.2. The third kappa shape index (κ3) is 3.23. The zero-order valence-electron chi connectivity index (χ0n) is 15.0. The third-order valence-electron chi connectivity index (χ3n) is 5.78. The van der Waals surface area contributed by atoms with Gasteiger partial charge in [-0.15, -0.1) is 0 Å². The van der Waals surface area contributed by atoms with Gasteiger partial charge in [-0.1, -0.05) is 12.1 Å².